The van der Waals surface area contributed by atoms with Gasteiger partial charge in [0.2, 0.25) is 0 Å². The van der Waals surface area contributed by atoms with Gasteiger partial charge in [-0.15, -0.1) is 0 Å². The molecule has 1 aliphatic carbocycles. The average molecular weight is 326 g/mol. The van der Waals surface area contributed by atoms with Gasteiger partial charge in [-0.25, -0.2) is 0 Å². The molecular weight excluding hydrogens is 296 g/mol. The summed E-state index contributed by atoms with van der Waals surface area (Å²) in [6.07, 6.45) is 3.90. The van der Waals surface area contributed by atoms with Gasteiger partial charge < -0.3 is 4.90 Å². The SMILES string of the molecule is CCCN1CN(CCc2ccccc2)CC2=C1CC(C)(C)CC2=O. The van der Waals surface area contributed by atoms with Crippen molar-refractivity contribution in [3.63, 3.8) is 0 Å². The first-order valence-electron chi connectivity index (χ1n) is 9.25. The molecule has 0 radical (unpaired) electrons. The van der Waals surface area contributed by atoms with Crippen LogP contribution in [0, 0.1) is 5.41 Å². The van der Waals surface area contributed by atoms with Crippen molar-refractivity contribution in [2.75, 3.05) is 26.3 Å². The van der Waals surface area contributed by atoms with E-state index in [1.807, 2.05) is 0 Å². The Morgan fingerprint density at radius 3 is 2.54 bits per heavy atom. The summed E-state index contributed by atoms with van der Waals surface area (Å²) < 4.78 is 0. The van der Waals surface area contributed by atoms with Gasteiger partial charge in [0.15, 0.2) is 5.78 Å². The van der Waals surface area contributed by atoms with Crippen LogP contribution in [0.2, 0.25) is 0 Å². The van der Waals surface area contributed by atoms with Crippen molar-refractivity contribution < 1.29 is 4.79 Å². The van der Waals surface area contributed by atoms with Gasteiger partial charge in [-0.1, -0.05) is 51.1 Å². The molecule has 0 amide bonds. The zero-order valence-electron chi connectivity index (χ0n) is 15.3. The largest absolute Gasteiger partial charge is 0.361 e. The van der Waals surface area contributed by atoms with E-state index >= 15 is 0 Å². The Hall–Kier alpha value is -1.61. The van der Waals surface area contributed by atoms with Crippen molar-refractivity contribution in [1.29, 1.82) is 0 Å². The molecule has 2 aliphatic rings. The maximum absolute atomic E-state index is 12.7. The summed E-state index contributed by atoms with van der Waals surface area (Å²) in [5, 5.41) is 0. The van der Waals surface area contributed by atoms with Crippen molar-refractivity contribution in [1.82, 2.24) is 9.80 Å². The lowest BCUT2D eigenvalue weighted by Gasteiger charge is -2.45. The minimum absolute atomic E-state index is 0.105. The number of allylic oxidation sites excluding steroid dienone is 1. The topological polar surface area (TPSA) is 23.6 Å². The van der Waals surface area contributed by atoms with E-state index in [1.165, 1.54) is 11.3 Å². The minimum atomic E-state index is 0.105. The number of ketones is 1. The van der Waals surface area contributed by atoms with Gasteiger partial charge in [-0.3, -0.25) is 9.69 Å². The maximum Gasteiger partial charge on any atom is 0.162 e. The van der Waals surface area contributed by atoms with Crippen LogP contribution >= 0.6 is 0 Å². The third-order valence-corrected chi connectivity index (χ3v) is 5.16. The highest BCUT2D eigenvalue weighted by atomic mass is 16.1. The first-order chi connectivity index (χ1) is 11.5. The van der Waals surface area contributed by atoms with Crippen LogP contribution in [0.5, 0.6) is 0 Å². The number of Topliss-reactive ketones (excluding diaryl/α,β-unsaturated/α-hetero) is 1. The summed E-state index contributed by atoms with van der Waals surface area (Å²) in [7, 11) is 0. The third-order valence-electron chi connectivity index (χ3n) is 5.16. The molecule has 0 unspecified atom stereocenters. The Labute approximate surface area is 146 Å². The Morgan fingerprint density at radius 2 is 1.83 bits per heavy atom. The minimum Gasteiger partial charge on any atom is -0.361 e. The zero-order valence-corrected chi connectivity index (χ0v) is 15.3. The fraction of sp³-hybridized carbons (Fsp3) is 0.571. The van der Waals surface area contributed by atoms with Crippen LogP contribution in [0.4, 0.5) is 0 Å². The number of benzene rings is 1. The summed E-state index contributed by atoms with van der Waals surface area (Å²) in [6.45, 7) is 10.5. The van der Waals surface area contributed by atoms with E-state index in [-0.39, 0.29) is 5.41 Å². The summed E-state index contributed by atoms with van der Waals surface area (Å²) >= 11 is 0. The quantitative estimate of drug-likeness (QED) is 0.821. The molecule has 0 saturated carbocycles. The van der Waals surface area contributed by atoms with Crippen LogP contribution in [0.15, 0.2) is 41.6 Å². The van der Waals surface area contributed by atoms with Crippen LogP contribution < -0.4 is 0 Å². The summed E-state index contributed by atoms with van der Waals surface area (Å²) in [5.41, 5.74) is 3.89. The van der Waals surface area contributed by atoms with Crippen LogP contribution in [0.25, 0.3) is 0 Å². The Balaban J connectivity index is 1.74. The lowest BCUT2D eigenvalue weighted by Crippen LogP contribution is -2.49. The number of hydrogen-bond acceptors (Lipinski definition) is 3. The van der Waals surface area contributed by atoms with E-state index in [2.05, 4.69) is 60.9 Å². The molecule has 3 nitrogen and oxygen atoms in total. The van der Waals surface area contributed by atoms with Gasteiger partial charge in [-0.05, 0) is 30.2 Å². The summed E-state index contributed by atoms with van der Waals surface area (Å²) in [5.74, 6) is 0.367. The zero-order chi connectivity index (χ0) is 17.2. The molecule has 0 saturated heterocycles. The molecule has 1 aliphatic heterocycles. The van der Waals surface area contributed by atoms with E-state index < -0.39 is 0 Å². The van der Waals surface area contributed by atoms with Crippen molar-refractivity contribution in [2.45, 2.75) is 46.5 Å². The van der Waals surface area contributed by atoms with Crippen molar-refractivity contribution in [3.05, 3.63) is 47.2 Å². The molecule has 1 aromatic carbocycles. The van der Waals surface area contributed by atoms with E-state index in [0.717, 1.165) is 51.1 Å². The predicted molar refractivity (Wildman–Crippen MR) is 98.6 cm³/mol. The molecule has 24 heavy (non-hydrogen) atoms. The third kappa shape index (κ3) is 3.89. The van der Waals surface area contributed by atoms with Crippen molar-refractivity contribution >= 4 is 5.78 Å². The Kier molecular flexibility index (Phi) is 5.09. The second kappa shape index (κ2) is 7.10. The number of carbonyl (C=O) groups excluding carboxylic acids is 1. The molecule has 0 fully saturated rings. The molecule has 3 heteroatoms. The molecular formula is C21H30N2O. The van der Waals surface area contributed by atoms with E-state index in [9.17, 15) is 4.79 Å². The predicted octanol–water partition coefficient (Wildman–Crippen LogP) is 3.86. The fourth-order valence-corrected chi connectivity index (χ4v) is 3.96. The fourth-order valence-electron chi connectivity index (χ4n) is 3.96. The molecule has 0 N–H and O–H groups in total. The second-order valence-corrected chi connectivity index (χ2v) is 8.06. The van der Waals surface area contributed by atoms with Crippen LogP contribution in [-0.4, -0.2) is 41.9 Å². The van der Waals surface area contributed by atoms with E-state index in [1.54, 1.807) is 0 Å². The lowest BCUT2D eigenvalue weighted by molar-refractivity contribution is -0.119. The average Bonchev–Trinajstić information content (AvgIpc) is 2.54. The van der Waals surface area contributed by atoms with Gasteiger partial charge in [0, 0.05) is 37.3 Å². The highest BCUT2D eigenvalue weighted by molar-refractivity contribution is 5.98. The van der Waals surface area contributed by atoms with Gasteiger partial charge in [-0.2, -0.15) is 0 Å². The molecule has 0 spiro atoms. The number of hydrogen-bond donors (Lipinski definition) is 0. The maximum atomic E-state index is 12.7. The molecule has 0 aromatic heterocycles. The number of nitrogens with zero attached hydrogens (tertiary/aromatic N) is 2. The van der Waals surface area contributed by atoms with Crippen LogP contribution in [-0.2, 0) is 11.2 Å². The standard InChI is InChI=1S/C21H30N2O/c1-4-11-23-16-22(12-10-17-8-6-5-7-9-17)15-18-19(23)13-21(2,3)14-20(18)24/h5-9H,4,10-16H2,1-3H3. The highest BCUT2D eigenvalue weighted by Crippen LogP contribution is 2.40. The van der Waals surface area contributed by atoms with Gasteiger partial charge in [0.05, 0.1) is 6.67 Å². The molecule has 0 bridgehead atoms. The molecule has 1 aromatic rings. The summed E-state index contributed by atoms with van der Waals surface area (Å²) in [6, 6.07) is 10.6. The van der Waals surface area contributed by atoms with Crippen molar-refractivity contribution in [3.8, 4) is 0 Å². The van der Waals surface area contributed by atoms with E-state index in [0.29, 0.717) is 12.2 Å². The first kappa shape index (κ1) is 17.2. The molecule has 1 heterocycles. The van der Waals surface area contributed by atoms with E-state index in [4.69, 9.17) is 0 Å². The summed E-state index contributed by atoms with van der Waals surface area (Å²) in [4.78, 5) is 17.6. The molecule has 3 rings (SSSR count). The molecule has 130 valence electrons. The van der Waals surface area contributed by atoms with Crippen molar-refractivity contribution in [2.24, 2.45) is 5.41 Å². The van der Waals surface area contributed by atoms with Gasteiger partial charge in [0.25, 0.3) is 0 Å². The number of rotatable bonds is 5. The van der Waals surface area contributed by atoms with Gasteiger partial charge in [0.1, 0.15) is 0 Å². The second-order valence-electron chi connectivity index (χ2n) is 8.06. The normalized spacial score (nSPS) is 21.1. The lowest BCUT2D eigenvalue weighted by atomic mass is 9.75. The Bertz CT molecular complexity index is 618. The smallest absolute Gasteiger partial charge is 0.162 e. The molecule has 0 atom stereocenters. The first-order valence-corrected chi connectivity index (χ1v) is 9.25. The monoisotopic (exact) mass is 326 g/mol. The number of carbonyl (C=O) groups is 1. The highest BCUT2D eigenvalue weighted by Gasteiger charge is 2.37. The van der Waals surface area contributed by atoms with Crippen LogP contribution in [0.1, 0.15) is 45.6 Å². The Morgan fingerprint density at radius 1 is 1.08 bits per heavy atom. The van der Waals surface area contributed by atoms with Crippen LogP contribution in [0.3, 0.4) is 0 Å². The van der Waals surface area contributed by atoms with Gasteiger partial charge >= 0.3 is 0 Å².